The number of rotatable bonds is 3. The molecule has 28 heavy (non-hydrogen) atoms. The summed E-state index contributed by atoms with van der Waals surface area (Å²) in [6, 6.07) is 13.4. The topological polar surface area (TPSA) is 57.7 Å². The second-order valence-electron chi connectivity index (χ2n) is 8.06. The molecule has 4 rings (SSSR count). The van der Waals surface area contributed by atoms with Gasteiger partial charge in [-0.2, -0.15) is 4.31 Å². The highest BCUT2D eigenvalue weighted by Gasteiger charge is 2.35. The third-order valence-electron chi connectivity index (χ3n) is 6.25. The Kier molecular flexibility index (Phi) is 5.43. The van der Waals surface area contributed by atoms with Gasteiger partial charge in [0.15, 0.2) is 0 Å². The summed E-state index contributed by atoms with van der Waals surface area (Å²) in [5, 5.41) is 1.95. The van der Waals surface area contributed by atoms with Gasteiger partial charge in [-0.25, -0.2) is 8.42 Å². The number of benzene rings is 2. The molecule has 0 spiro atoms. The van der Waals surface area contributed by atoms with E-state index in [4.69, 9.17) is 0 Å². The first-order chi connectivity index (χ1) is 13.5. The second kappa shape index (κ2) is 7.84. The fourth-order valence-electron chi connectivity index (χ4n) is 4.48. The van der Waals surface area contributed by atoms with E-state index in [0.29, 0.717) is 36.9 Å². The van der Waals surface area contributed by atoms with Crippen LogP contribution in [0.5, 0.6) is 0 Å². The molecule has 0 aromatic heterocycles. The molecule has 2 aromatic rings. The van der Waals surface area contributed by atoms with Crippen molar-refractivity contribution in [3.8, 4) is 0 Å². The fourth-order valence-corrected chi connectivity index (χ4v) is 5.99. The molecule has 1 amide bonds. The van der Waals surface area contributed by atoms with Gasteiger partial charge in [0.1, 0.15) is 0 Å². The van der Waals surface area contributed by atoms with E-state index in [1.54, 1.807) is 16.4 Å². The predicted octanol–water partition coefficient (Wildman–Crippen LogP) is 3.64. The minimum absolute atomic E-state index is 0.0522. The smallest absolute Gasteiger partial charge is 0.243 e. The van der Waals surface area contributed by atoms with Gasteiger partial charge in [-0.3, -0.25) is 4.79 Å². The molecule has 2 heterocycles. The monoisotopic (exact) mass is 400 g/mol. The molecule has 0 bridgehead atoms. The number of hydrogen-bond acceptors (Lipinski definition) is 3. The lowest BCUT2D eigenvalue weighted by molar-refractivity contribution is -0.140. The van der Waals surface area contributed by atoms with E-state index >= 15 is 0 Å². The summed E-state index contributed by atoms with van der Waals surface area (Å²) in [4.78, 5) is 15.2. The Labute approximate surface area is 167 Å². The van der Waals surface area contributed by atoms with E-state index in [1.165, 1.54) is 6.42 Å². The van der Waals surface area contributed by atoms with Gasteiger partial charge in [0.05, 0.1) is 4.90 Å². The van der Waals surface area contributed by atoms with E-state index in [9.17, 15) is 13.2 Å². The zero-order valence-corrected chi connectivity index (χ0v) is 17.2. The van der Waals surface area contributed by atoms with Gasteiger partial charge in [0, 0.05) is 31.6 Å². The zero-order valence-electron chi connectivity index (χ0n) is 16.4. The van der Waals surface area contributed by atoms with Crippen molar-refractivity contribution in [3.05, 3.63) is 42.5 Å². The normalized spacial score (nSPS) is 22.5. The van der Waals surface area contributed by atoms with Crippen LogP contribution in [0.15, 0.2) is 47.4 Å². The molecular weight excluding hydrogens is 372 g/mol. The third kappa shape index (κ3) is 3.67. The SMILES string of the molecule is CC1CCCCN1C(=O)C1CCN(S(=O)(=O)c2ccc3ccccc3c2)CC1. The van der Waals surface area contributed by atoms with Gasteiger partial charge in [-0.1, -0.05) is 30.3 Å². The van der Waals surface area contributed by atoms with Crippen LogP contribution in [0, 0.1) is 5.92 Å². The van der Waals surface area contributed by atoms with Crippen LogP contribution in [0.25, 0.3) is 10.8 Å². The summed E-state index contributed by atoms with van der Waals surface area (Å²) < 4.78 is 27.7. The second-order valence-corrected chi connectivity index (χ2v) is 10.0. The van der Waals surface area contributed by atoms with Crippen LogP contribution in [0.2, 0.25) is 0 Å². The van der Waals surface area contributed by atoms with E-state index in [0.717, 1.165) is 30.2 Å². The van der Waals surface area contributed by atoms with Crippen molar-refractivity contribution in [2.75, 3.05) is 19.6 Å². The van der Waals surface area contributed by atoms with E-state index in [1.807, 2.05) is 35.2 Å². The number of nitrogens with zero attached hydrogens (tertiary/aromatic N) is 2. The van der Waals surface area contributed by atoms with Gasteiger partial charge >= 0.3 is 0 Å². The first-order valence-electron chi connectivity index (χ1n) is 10.3. The third-order valence-corrected chi connectivity index (χ3v) is 8.14. The van der Waals surface area contributed by atoms with Crippen LogP contribution < -0.4 is 0 Å². The van der Waals surface area contributed by atoms with Crippen LogP contribution in [0.1, 0.15) is 39.0 Å². The summed E-state index contributed by atoms with van der Waals surface area (Å²) >= 11 is 0. The summed E-state index contributed by atoms with van der Waals surface area (Å²) in [5.41, 5.74) is 0. The number of likely N-dealkylation sites (tertiary alicyclic amines) is 1. The van der Waals surface area contributed by atoms with Gasteiger partial charge in [-0.15, -0.1) is 0 Å². The Morgan fingerprint density at radius 2 is 1.64 bits per heavy atom. The number of amides is 1. The van der Waals surface area contributed by atoms with Crippen molar-refractivity contribution >= 4 is 26.7 Å². The lowest BCUT2D eigenvalue weighted by atomic mass is 9.94. The quantitative estimate of drug-likeness (QED) is 0.790. The number of carbonyl (C=O) groups excluding carboxylic acids is 1. The Bertz CT molecular complexity index is 965. The Morgan fingerprint density at radius 3 is 2.36 bits per heavy atom. The average Bonchev–Trinajstić information content (AvgIpc) is 2.73. The van der Waals surface area contributed by atoms with E-state index in [-0.39, 0.29) is 11.8 Å². The summed E-state index contributed by atoms with van der Waals surface area (Å²) in [5.74, 6) is 0.165. The molecule has 2 fully saturated rings. The lowest BCUT2D eigenvalue weighted by Gasteiger charge is -2.38. The molecule has 150 valence electrons. The Balaban J connectivity index is 1.45. The molecule has 2 aliphatic heterocycles. The van der Waals surface area contributed by atoms with Crippen molar-refractivity contribution in [1.82, 2.24) is 9.21 Å². The summed E-state index contributed by atoms with van der Waals surface area (Å²) in [6.45, 7) is 3.79. The highest BCUT2D eigenvalue weighted by Crippen LogP contribution is 2.28. The summed E-state index contributed by atoms with van der Waals surface area (Å²) in [6.07, 6.45) is 4.54. The van der Waals surface area contributed by atoms with Crippen molar-refractivity contribution in [1.29, 1.82) is 0 Å². The zero-order chi connectivity index (χ0) is 19.7. The van der Waals surface area contributed by atoms with Crippen LogP contribution in [-0.2, 0) is 14.8 Å². The van der Waals surface area contributed by atoms with Crippen molar-refractivity contribution in [2.45, 2.75) is 50.0 Å². The molecule has 2 saturated heterocycles. The molecule has 0 radical (unpaired) electrons. The minimum Gasteiger partial charge on any atom is -0.340 e. The van der Waals surface area contributed by atoms with Crippen molar-refractivity contribution in [2.24, 2.45) is 5.92 Å². The molecule has 6 heteroatoms. The molecule has 1 atom stereocenters. The molecule has 0 aliphatic carbocycles. The number of fused-ring (bicyclic) bond motifs is 1. The Hall–Kier alpha value is -1.92. The van der Waals surface area contributed by atoms with Crippen LogP contribution in [-0.4, -0.2) is 49.2 Å². The maximum atomic E-state index is 13.1. The fraction of sp³-hybridized carbons (Fsp3) is 0.500. The number of sulfonamides is 1. The van der Waals surface area contributed by atoms with Gasteiger partial charge in [0.25, 0.3) is 0 Å². The molecule has 1 unspecified atom stereocenters. The maximum Gasteiger partial charge on any atom is 0.243 e. The molecule has 0 N–H and O–H groups in total. The number of carbonyl (C=O) groups is 1. The molecule has 5 nitrogen and oxygen atoms in total. The highest BCUT2D eigenvalue weighted by molar-refractivity contribution is 7.89. The first-order valence-corrected chi connectivity index (χ1v) is 11.7. The highest BCUT2D eigenvalue weighted by atomic mass is 32.2. The van der Waals surface area contributed by atoms with Crippen LogP contribution in [0.3, 0.4) is 0 Å². The maximum absolute atomic E-state index is 13.1. The van der Waals surface area contributed by atoms with Crippen molar-refractivity contribution < 1.29 is 13.2 Å². The van der Waals surface area contributed by atoms with Gasteiger partial charge < -0.3 is 4.90 Å². The molecule has 2 aliphatic rings. The number of hydrogen-bond donors (Lipinski definition) is 0. The summed E-state index contributed by atoms with van der Waals surface area (Å²) in [7, 11) is -3.53. The molecular formula is C22H28N2O3S. The standard InChI is InChI=1S/C22H28N2O3S/c1-17-6-4-5-13-24(17)22(25)19-11-14-23(15-12-19)28(26,27)21-10-9-18-7-2-3-8-20(18)16-21/h2-3,7-10,16-17,19H,4-6,11-15H2,1H3. The van der Waals surface area contributed by atoms with Crippen molar-refractivity contribution in [3.63, 3.8) is 0 Å². The van der Waals surface area contributed by atoms with Gasteiger partial charge in [-0.05, 0) is 61.9 Å². The first kappa shape index (κ1) is 19.4. The van der Waals surface area contributed by atoms with Gasteiger partial charge in [0.2, 0.25) is 15.9 Å². The number of piperidine rings is 2. The van der Waals surface area contributed by atoms with Crippen LogP contribution >= 0.6 is 0 Å². The predicted molar refractivity (Wildman–Crippen MR) is 110 cm³/mol. The average molecular weight is 401 g/mol. The largest absolute Gasteiger partial charge is 0.340 e. The molecule has 2 aromatic carbocycles. The van der Waals surface area contributed by atoms with Crippen LogP contribution in [0.4, 0.5) is 0 Å². The molecule has 0 saturated carbocycles. The van der Waals surface area contributed by atoms with E-state index in [2.05, 4.69) is 6.92 Å². The lowest BCUT2D eigenvalue weighted by Crippen LogP contribution is -2.48. The Morgan fingerprint density at radius 1 is 0.929 bits per heavy atom. The minimum atomic E-state index is -3.53. The van der Waals surface area contributed by atoms with E-state index < -0.39 is 10.0 Å².